The van der Waals surface area contributed by atoms with Crippen LogP contribution in [0.5, 0.6) is 0 Å². The molecule has 0 aliphatic heterocycles. The SMILES string of the molecule is COC(=O)C(NC(=O)c1nc([C@H](CSC(C)(C)C)NC(=O)OC(C)(C)C)oc1C)C(C)=O. The number of ether oxygens (including phenoxy) is 2. The second-order valence-corrected chi connectivity index (χ2v) is 11.0. The first kappa shape index (κ1) is 27.5. The first-order valence-corrected chi connectivity index (χ1v) is 11.0. The zero-order valence-electron chi connectivity index (χ0n) is 20.1. The number of oxazole rings is 1. The van der Waals surface area contributed by atoms with E-state index in [9.17, 15) is 19.2 Å². The molecule has 0 saturated heterocycles. The minimum Gasteiger partial charge on any atom is -0.467 e. The molecule has 1 aromatic rings. The van der Waals surface area contributed by atoms with Crippen LogP contribution in [0.2, 0.25) is 0 Å². The molecule has 0 aliphatic rings. The van der Waals surface area contributed by atoms with Crippen molar-refractivity contribution in [3.8, 4) is 0 Å². The maximum absolute atomic E-state index is 12.7. The summed E-state index contributed by atoms with van der Waals surface area (Å²) in [6, 6.07) is -2.14. The van der Waals surface area contributed by atoms with Crippen molar-refractivity contribution in [1.82, 2.24) is 15.6 Å². The molecule has 11 heteroatoms. The Morgan fingerprint density at radius 1 is 1.09 bits per heavy atom. The van der Waals surface area contributed by atoms with Crippen LogP contribution in [-0.4, -0.2) is 58.0 Å². The molecule has 2 N–H and O–H groups in total. The predicted molar refractivity (Wildman–Crippen MR) is 120 cm³/mol. The molecule has 0 aromatic carbocycles. The number of methoxy groups -OCH3 is 1. The quantitative estimate of drug-likeness (QED) is 0.433. The molecule has 1 unspecified atom stereocenters. The standard InChI is InChI=1S/C21H33N3O7S/c1-11(25)14(18(27)29-9)23-16(26)15-12(2)30-17(24-15)13(10-32-21(6,7)8)22-19(28)31-20(3,4)5/h13-14H,10H2,1-9H3,(H,22,28)(H,23,26)/t13-,14?/m0/s1. The third-order valence-corrected chi connectivity index (χ3v) is 5.19. The van der Waals surface area contributed by atoms with Gasteiger partial charge in [0.1, 0.15) is 17.4 Å². The second-order valence-electron chi connectivity index (χ2n) is 9.12. The number of carbonyl (C=O) groups excluding carboxylic acids is 4. The lowest BCUT2D eigenvalue weighted by molar-refractivity contribution is -0.145. The number of hydrogen-bond acceptors (Lipinski definition) is 9. The fourth-order valence-electron chi connectivity index (χ4n) is 2.38. The van der Waals surface area contributed by atoms with Gasteiger partial charge < -0.3 is 24.5 Å². The highest BCUT2D eigenvalue weighted by molar-refractivity contribution is 8.00. The molecule has 0 radical (unpaired) electrons. The highest BCUT2D eigenvalue weighted by Gasteiger charge is 2.31. The smallest absolute Gasteiger partial charge is 0.408 e. The number of aromatic nitrogens is 1. The van der Waals surface area contributed by atoms with E-state index in [2.05, 4.69) is 20.4 Å². The van der Waals surface area contributed by atoms with Crippen LogP contribution in [0.25, 0.3) is 0 Å². The van der Waals surface area contributed by atoms with E-state index in [1.165, 1.54) is 6.92 Å². The number of carbonyl (C=O) groups is 4. The monoisotopic (exact) mass is 471 g/mol. The van der Waals surface area contributed by atoms with Crippen LogP contribution in [0.1, 0.15) is 76.6 Å². The number of rotatable bonds is 8. The van der Waals surface area contributed by atoms with Crippen molar-refractivity contribution in [3.63, 3.8) is 0 Å². The van der Waals surface area contributed by atoms with E-state index >= 15 is 0 Å². The van der Waals surface area contributed by atoms with Crippen LogP contribution in [0.15, 0.2) is 4.42 Å². The topological polar surface area (TPSA) is 137 Å². The minimum atomic E-state index is -1.46. The number of thioether (sulfide) groups is 1. The molecular formula is C21H33N3O7S. The molecule has 0 bridgehead atoms. The molecule has 0 saturated carbocycles. The number of Topliss-reactive ketones (excluding diaryl/α,β-unsaturated/α-hetero) is 1. The van der Waals surface area contributed by atoms with Gasteiger partial charge >= 0.3 is 12.1 Å². The molecule has 0 fully saturated rings. The van der Waals surface area contributed by atoms with Gasteiger partial charge in [0, 0.05) is 10.5 Å². The van der Waals surface area contributed by atoms with Crippen LogP contribution in [0, 0.1) is 6.92 Å². The van der Waals surface area contributed by atoms with Gasteiger partial charge in [-0.25, -0.2) is 14.6 Å². The summed E-state index contributed by atoms with van der Waals surface area (Å²) < 4.78 is 15.4. The summed E-state index contributed by atoms with van der Waals surface area (Å²) in [7, 11) is 1.11. The Bertz CT molecular complexity index is 853. The van der Waals surface area contributed by atoms with Crippen LogP contribution >= 0.6 is 11.8 Å². The maximum Gasteiger partial charge on any atom is 0.408 e. The van der Waals surface area contributed by atoms with Gasteiger partial charge in [-0.15, -0.1) is 0 Å². The normalized spacial score (nSPS) is 13.7. The van der Waals surface area contributed by atoms with Crippen LogP contribution < -0.4 is 10.6 Å². The lowest BCUT2D eigenvalue weighted by atomic mass is 10.2. The van der Waals surface area contributed by atoms with Gasteiger partial charge in [-0.1, -0.05) is 20.8 Å². The molecule has 32 heavy (non-hydrogen) atoms. The Morgan fingerprint density at radius 2 is 1.69 bits per heavy atom. The van der Waals surface area contributed by atoms with Crippen molar-refractivity contribution in [2.24, 2.45) is 0 Å². The van der Waals surface area contributed by atoms with E-state index in [0.29, 0.717) is 5.75 Å². The van der Waals surface area contributed by atoms with Gasteiger partial charge in [0.2, 0.25) is 5.89 Å². The van der Waals surface area contributed by atoms with Crippen LogP contribution in [-0.2, 0) is 19.1 Å². The third kappa shape index (κ3) is 8.89. The first-order chi connectivity index (χ1) is 14.5. The summed E-state index contributed by atoms with van der Waals surface area (Å²) in [6.07, 6.45) is -0.652. The molecule has 0 spiro atoms. The molecule has 10 nitrogen and oxygen atoms in total. The fourth-order valence-corrected chi connectivity index (χ4v) is 3.27. The van der Waals surface area contributed by atoms with E-state index in [1.807, 2.05) is 20.8 Å². The van der Waals surface area contributed by atoms with Gasteiger partial charge in [0.05, 0.1) is 7.11 Å². The Hall–Kier alpha value is -2.56. The summed E-state index contributed by atoms with van der Waals surface area (Å²) in [5.74, 6) is -1.57. The van der Waals surface area contributed by atoms with E-state index in [4.69, 9.17) is 9.15 Å². The van der Waals surface area contributed by atoms with Gasteiger partial charge in [0.15, 0.2) is 17.5 Å². The molecule has 1 heterocycles. The number of hydrogen-bond donors (Lipinski definition) is 2. The number of nitrogens with one attached hydrogen (secondary N) is 2. The molecular weight excluding hydrogens is 438 g/mol. The number of nitrogens with zero attached hydrogens (tertiary/aromatic N) is 1. The van der Waals surface area contributed by atoms with Crippen molar-refractivity contribution >= 4 is 35.5 Å². The van der Waals surface area contributed by atoms with Crippen molar-refractivity contribution in [2.75, 3.05) is 12.9 Å². The summed E-state index contributed by atoms with van der Waals surface area (Å²) in [4.78, 5) is 52.7. The summed E-state index contributed by atoms with van der Waals surface area (Å²) in [5.41, 5.74) is -0.800. The van der Waals surface area contributed by atoms with Crippen molar-refractivity contribution in [2.45, 2.75) is 77.8 Å². The molecule has 1 aromatic heterocycles. The zero-order chi connectivity index (χ0) is 24.9. The van der Waals surface area contributed by atoms with E-state index in [1.54, 1.807) is 32.5 Å². The van der Waals surface area contributed by atoms with Gasteiger partial charge in [-0.2, -0.15) is 11.8 Å². The molecule has 180 valence electrons. The van der Waals surface area contributed by atoms with Crippen molar-refractivity contribution in [1.29, 1.82) is 0 Å². The molecule has 2 amide bonds. The van der Waals surface area contributed by atoms with Crippen molar-refractivity contribution in [3.05, 3.63) is 17.3 Å². The summed E-state index contributed by atoms with van der Waals surface area (Å²) in [6.45, 7) is 14.0. The number of ketones is 1. The average molecular weight is 472 g/mol. The lowest BCUT2D eigenvalue weighted by Crippen LogP contribution is -2.46. The molecule has 1 rings (SSSR count). The van der Waals surface area contributed by atoms with Crippen molar-refractivity contribution < 1.29 is 33.1 Å². The maximum atomic E-state index is 12.7. The zero-order valence-corrected chi connectivity index (χ0v) is 20.9. The largest absolute Gasteiger partial charge is 0.467 e. The minimum absolute atomic E-state index is 0.104. The predicted octanol–water partition coefficient (Wildman–Crippen LogP) is 2.94. The Kier molecular flexibility index (Phi) is 9.31. The fraction of sp³-hybridized carbons (Fsp3) is 0.667. The molecule has 2 atom stereocenters. The van der Waals surface area contributed by atoms with E-state index < -0.39 is 41.4 Å². The summed E-state index contributed by atoms with van der Waals surface area (Å²) in [5, 5.41) is 5.03. The number of aryl methyl sites for hydroxylation is 1. The number of amides is 2. The average Bonchev–Trinajstić information content (AvgIpc) is 3.01. The Morgan fingerprint density at radius 3 is 2.16 bits per heavy atom. The molecule has 0 aliphatic carbocycles. The van der Waals surface area contributed by atoms with Gasteiger partial charge in [-0.05, 0) is 34.6 Å². The first-order valence-electron chi connectivity index (χ1n) is 10.0. The van der Waals surface area contributed by atoms with Gasteiger partial charge in [-0.3, -0.25) is 9.59 Å². The lowest BCUT2D eigenvalue weighted by Gasteiger charge is -2.24. The van der Waals surface area contributed by atoms with Gasteiger partial charge in [0.25, 0.3) is 5.91 Å². The number of esters is 1. The second kappa shape index (κ2) is 10.8. The van der Waals surface area contributed by atoms with E-state index in [-0.39, 0.29) is 22.1 Å². The summed E-state index contributed by atoms with van der Waals surface area (Å²) >= 11 is 1.56. The van der Waals surface area contributed by atoms with Crippen LogP contribution in [0.3, 0.4) is 0 Å². The Labute approximate surface area is 192 Å². The Balaban J connectivity index is 3.15. The van der Waals surface area contributed by atoms with Crippen LogP contribution in [0.4, 0.5) is 4.79 Å². The third-order valence-electron chi connectivity index (χ3n) is 3.82. The number of alkyl carbamates (subject to hydrolysis) is 1. The highest BCUT2D eigenvalue weighted by atomic mass is 32.2. The highest BCUT2D eigenvalue weighted by Crippen LogP contribution is 2.29. The van der Waals surface area contributed by atoms with E-state index in [0.717, 1.165) is 14.0 Å².